The first-order valence-corrected chi connectivity index (χ1v) is 13.4. The summed E-state index contributed by atoms with van der Waals surface area (Å²) in [4.78, 5) is 40.1. The third kappa shape index (κ3) is 8.08. The zero-order valence-electron chi connectivity index (χ0n) is 23.0. The van der Waals surface area contributed by atoms with Crippen LogP contribution in [0.15, 0.2) is 84.0 Å². The summed E-state index contributed by atoms with van der Waals surface area (Å²) in [6.45, 7) is 4.10. The number of hydrazone groups is 1. The van der Waals surface area contributed by atoms with E-state index in [1.54, 1.807) is 42.6 Å². The van der Waals surface area contributed by atoms with Gasteiger partial charge in [0.25, 0.3) is 5.91 Å². The van der Waals surface area contributed by atoms with Crippen molar-refractivity contribution in [2.24, 2.45) is 5.10 Å². The van der Waals surface area contributed by atoms with Crippen molar-refractivity contribution in [3.63, 3.8) is 0 Å². The highest BCUT2D eigenvalue weighted by Gasteiger charge is 2.17. The minimum atomic E-state index is -0.602. The van der Waals surface area contributed by atoms with Gasteiger partial charge in [0, 0.05) is 24.5 Å². The summed E-state index contributed by atoms with van der Waals surface area (Å²) in [5.41, 5.74) is 6.46. The van der Waals surface area contributed by atoms with Gasteiger partial charge in [-0.3, -0.25) is 4.79 Å². The quantitative estimate of drug-likeness (QED) is 0.146. The van der Waals surface area contributed by atoms with Crippen molar-refractivity contribution in [2.75, 3.05) is 53.9 Å². The maximum absolute atomic E-state index is 12.4. The molecule has 0 unspecified atom stereocenters. The van der Waals surface area contributed by atoms with Crippen molar-refractivity contribution >= 4 is 47.3 Å². The molecule has 1 fully saturated rings. The summed E-state index contributed by atoms with van der Waals surface area (Å²) in [5, 5.41) is 10.1. The van der Waals surface area contributed by atoms with Crippen molar-refractivity contribution in [3.05, 3.63) is 95.6 Å². The molecule has 0 bridgehead atoms. The first-order valence-electron chi connectivity index (χ1n) is 13.4. The molecule has 42 heavy (non-hydrogen) atoms. The summed E-state index contributed by atoms with van der Waals surface area (Å²) in [6, 6.07) is 23.6. The van der Waals surface area contributed by atoms with Gasteiger partial charge in [0.05, 0.1) is 25.0 Å². The molecule has 0 spiro atoms. The van der Waals surface area contributed by atoms with E-state index < -0.39 is 11.9 Å². The van der Waals surface area contributed by atoms with E-state index in [0.717, 1.165) is 16.8 Å². The van der Waals surface area contributed by atoms with E-state index in [4.69, 9.17) is 9.47 Å². The number of benzene rings is 3. The number of carbonyl (C=O) groups excluding carboxylic acids is 2. The summed E-state index contributed by atoms with van der Waals surface area (Å²) >= 11 is 0. The number of nitrogens with one attached hydrogen (secondary N) is 3. The number of aromatic nitrogens is 3. The molecule has 1 aromatic heterocycles. The van der Waals surface area contributed by atoms with Gasteiger partial charge in [0.1, 0.15) is 0 Å². The average Bonchev–Trinajstić information content (AvgIpc) is 3.02. The molecule has 12 nitrogen and oxygen atoms in total. The van der Waals surface area contributed by atoms with Crippen LogP contribution in [0, 0.1) is 6.92 Å². The highest BCUT2D eigenvalue weighted by molar-refractivity contribution is 5.95. The standard InChI is InChI=1S/C30H30N8O4/c1-21-7-13-25(14-8-21)32-26(39)20-42-27(40)23-11-9-22(10-12-23)19-31-37-29-34-28(33-24-5-3-2-4-6-24)35-30(36-29)38-15-17-41-18-16-38/h2-14,19H,15-18,20H2,1H3,(H,32,39)(H2,33,34,35,36,37)/b31-19+. The molecule has 1 aliphatic heterocycles. The number of hydrogen-bond donors (Lipinski definition) is 3. The van der Waals surface area contributed by atoms with E-state index >= 15 is 0 Å². The van der Waals surface area contributed by atoms with Gasteiger partial charge in [-0.05, 0) is 48.9 Å². The minimum absolute atomic E-state index is 0.269. The van der Waals surface area contributed by atoms with Crippen LogP contribution in [-0.2, 0) is 14.3 Å². The number of aryl methyl sites for hydroxylation is 1. The van der Waals surface area contributed by atoms with E-state index in [1.165, 1.54) is 0 Å². The van der Waals surface area contributed by atoms with Crippen LogP contribution in [0.3, 0.4) is 0 Å². The number of anilines is 5. The molecule has 0 radical (unpaired) electrons. The molecule has 0 saturated carbocycles. The van der Waals surface area contributed by atoms with Gasteiger partial charge in [0.15, 0.2) is 6.61 Å². The third-order valence-electron chi connectivity index (χ3n) is 6.14. The Labute approximate surface area is 242 Å². The average molecular weight is 567 g/mol. The Kier molecular flexibility index (Phi) is 9.27. The van der Waals surface area contributed by atoms with Crippen LogP contribution in [-0.4, -0.2) is 66.0 Å². The number of para-hydroxylation sites is 1. The normalized spacial score (nSPS) is 13.0. The van der Waals surface area contributed by atoms with Crippen LogP contribution in [0.5, 0.6) is 0 Å². The van der Waals surface area contributed by atoms with Crippen LogP contribution in [0.4, 0.5) is 29.2 Å². The second-order valence-electron chi connectivity index (χ2n) is 9.36. The molecule has 1 amide bonds. The molecular formula is C30H30N8O4. The van der Waals surface area contributed by atoms with Gasteiger partial charge < -0.3 is 25.0 Å². The van der Waals surface area contributed by atoms with E-state index in [0.29, 0.717) is 49.5 Å². The highest BCUT2D eigenvalue weighted by atomic mass is 16.5. The van der Waals surface area contributed by atoms with Gasteiger partial charge in [-0.25, -0.2) is 10.2 Å². The summed E-state index contributed by atoms with van der Waals surface area (Å²) in [7, 11) is 0. The maximum atomic E-state index is 12.4. The smallest absolute Gasteiger partial charge is 0.338 e. The van der Waals surface area contributed by atoms with Crippen LogP contribution < -0.4 is 21.0 Å². The van der Waals surface area contributed by atoms with Crippen LogP contribution in [0.2, 0.25) is 0 Å². The van der Waals surface area contributed by atoms with Crippen molar-refractivity contribution in [1.82, 2.24) is 15.0 Å². The number of amides is 1. The molecule has 1 saturated heterocycles. The number of ether oxygens (including phenoxy) is 2. The molecule has 4 aromatic rings. The molecule has 0 atom stereocenters. The molecule has 3 aromatic carbocycles. The SMILES string of the molecule is Cc1ccc(NC(=O)COC(=O)c2ccc(/C=N/Nc3nc(Nc4ccccc4)nc(N4CCOCC4)n3)cc2)cc1. The summed E-state index contributed by atoms with van der Waals surface area (Å²) < 4.78 is 10.6. The lowest BCUT2D eigenvalue weighted by atomic mass is 10.1. The Morgan fingerprint density at radius 1 is 0.905 bits per heavy atom. The lowest BCUT2D eigenvalue weighted by molar-refractivity contribution is -0.119. The largest absolute Gasteiger partial charge is 0.452 e. The van der Waals surface area contributed by atoms with Crippen molar-refractivity contribution < 1.29 is 19.1 Å². The second kappa shape index (κ2) is 13.8. The molecule has 214 valence electrons. The van der Waals surface area contributed by atoms with Gasteiger partial charge in [-0.2, -0.15) is 20.1 Å². The van der Waals surface area contributed by atoms with Gasteiger partial charge in [-0.15, -0.1) is 0 Å². The summed E-state index contributed by atoms with van der Waals surface area (Å²) in [5.74, 6) is 0.144. The van der Waals surface area contributed by atoms with Crippen LogP contribution in [0.1, 0.15) is 21.5 Å². The molecular weight excluding hydrogens is 536 g/mol. The summed E-state index contributed by atoms with van der Waals surface area (Å²) in [6.07, 6.45) is 1.58. The Morgan fingerprint density at radius 2 is 1.62 bits per heavy atom. The molecule has 5 rings (SSSR count). The molecule has 12 heteroatoms. The van der Waals surface area contributed by atoms with E-state index in [9.17, 15) is 9.59 Å². The Hall–Kier alpha value is -5.36. The molecule has 1 aliphatic rings. The van der Waals surface area contributed by atoms with E-state index in [-0.39, 0.29) is 12.6 Å². The van der Waals surface area contributed by atoms with Gasteiger partial charge in [0.2, 0.25) is 17.8 Å². The molecule has 0 aliphatic carbocycles. The molecule has 3 N–H and O–H groups in total. The third-order valence-corrected chi connectivity index (χ3v) is 6.14. The van der Waals surface area contributed by atoms with E-state index in [1.807, 2.05) is 54.3 Å². The van der Waals surface area contributed by atoms with Crippen molar-refractivity contribution in [2.45, 2.75) is 6.92 Å². The Bertz CT molecular complexity index is 1520. The lowest BCUT2D eigenvalue weighted by Gasteiger charge is -2.27. The molecule has 2 heterocycles. The second-order valence-corrected chi connectivity index (χ2v) is 9.36. The van der Waals surface area contributed by atoms with Crippen LogP contribution in [0.25, 0.3) is 0 Å². The predicted octanol–water partition coefficient (Wildman–Crippen LogP) is 4.00. The monoisotopic (exact) mass is 566 g/mol. The van der Waals surface area contributed by atoms with Crippen molar-refractivity contribution in [3.8, 4) is 0 Å². The lowest BCUT2D eigenvalue weighted by Crippen LogP contribution is -2.37. The van der Waals surface area contributed by atoms with Gasteiger partial charge >= 0.3 is 5.97 Å². The first-order chi connectivity index (χ1) is 20.5. The number of esters is 1. The van der Waals surface area contributed by atoms with Crippen molar-refractivity contribution in [1.29, 1.82) is 0 Å². The minimum Gasteiger partial charge on any atom is -0.452 e. The number of morpholine rings is 1. The van der Waals surface area contributed by atoms with Gasteiger partial charge in [-0.1, -0.05) is 48.0 Å². The zero-order chi connectivity index (χ0) is 29.1. The van der Waals surface area contributed by atoms with Crippen LogP contribution >= 0.6 is 0 Å². The number of rotatable bonds is 10. The number of carbonyl (C=O) groups is 2. The Balaban J connectivity index is 1.18. The van der Waals surface area contributed by atoms with E-state index in [2.05, 4.69) is 36.1 Å². The fraction of sp³-hybridized carbons (Fsp3) is 0.200. The highest BCUT2D eigenvalue weighted by Crippen LogP contribution is 2.18. The fourth-order valence-electron chi connectivity index (χ4n) is 3.94. The topological polar surface area (TPSA) is 143 Å². The number of hydrogen-bond acceptors (Lipinski definition) is 11. The Morgan fingerprint density at radius 3 is 2.36 bits per heavy atom. The first kappa shape index (κ1) is 28.2. The number of nitrogens with zero attached hydrogens (tertiary/aromatic N) is 5. The maximum Gasteiger partial charge on any atom is 0.338 e. The zero-order valence-corrected chi connectivity index (χ0v) is 23.0. The fourth-order valence-corrected chi connectivity index (χ4v) is 3.94. The predicted molar refractivity (Wildman–Crippen MR) is 160 cm³/mol.